The predicted molar refractivity (Wildman–Crippen MR) is 140 cm³/mol. The first-order valence-electron chi connectivity index (χ1n) is 11.4. The Kier molecular flexibility index (Phi) is 7.25. The van der Waals surface area contributed by atoms with Crippen molar-refractivity contribution < 1.29 is 19.1 Å². The van der Waals surface area contributed by atoms with Crippen molar-refractivity contribution in [3.05, 3.63) is 64.9 Å². The molecule has 0 saturated carbocycles. The predicted octanol–water partition coefficient (Wildman–Crippen LogP) is 4.20. The molecule has 2 aromatic heterocycles. The number of fused-ring (bicyclic) bond motifs is 1. The third-order valence-corrected chi connectivity index (χ3v) is 6.19. The number of rotatable bonds is 8. The van der Waals surface area contributed by atoms with Crippen molar-refractivity contribution in [2.24, 2.45) is 0 Å². The zero-order valence-corrected chi connectivity index (χ0v) is 21.7. The Morgan fingerprint density at radius 3 is 2.56 bits per heavy atom. The molecule has 10 heteroatoms. The van der Waals surface area contributed by atoms with Crippen LogP contribution in [0.4, 0.5) is 5.69 Å². The topological polar surface area (TPSA) is 98.6 Å². The molecule has 0 saturated heterocycles. The average Bonchev–Trinajstić information content (AvgIpc) is 3.51. The summed E-state index contributed by atoms with van der Waals surface area (Å²) in [7, 11) is 3.07. The van der Waals surface area contributed by atoms with E-state index < -0.39 is 11.6 Å². The quantitative estimate of drug-likeness (QED) is 0.384. The summed E-state index contributed by atoms with van der Waals surface area (Å²) in [6.45, 7) is 5.57. The summed E-state index contributed by atoms with van der Waals surface area (Å²) >= 11 is 1.45. The number of ether oxygens (including phenoxy) is 2. The van der Waals surface area contributed by atoms with Crippen molar-refractivity contribution in [3.8, 4) is 11.5 Å². The number of nitrogens with one attached hydrogen (secondary N) is 1. The summed E-state index contributed by atoms with van der Waals surface area (Å²) in [5, 5.41) is 15.1. The molecule has 0 aliphatic carbocycles. The van der Waals surface area contributed by atoms with Gasteiger partial charge in [-0.15, -0.1) is 5.10 Å². The van der Waals surface area contributed by atoms with E-state index in [2.05, 4.69) is 15.6 Å². The first kappa shape index (κ1) is 25.2. The number of carbonyl (C=O) groups is 2. The molecular weight excluding hydrogens is 478 g/mol. The van der Waals surface area contributed by atoms with Gasteiger partial charge in [-0.3, -0.25) is 14.5 Å². The summed E-state index contributed by atoms with van der Waals surface area (Å²) in [5.74, 6) is 0.302. The number of anilines is 1. The lowest BCUT2D eigenvalue weighted by Crippen LogP contribution is -2.50. The number of hydrogen-bond donors (Lipinski definition) is 1. The minimum atomic E-state index is -0.944. The van der Waals surface area contributed by atoms with Crippen LogP contribution in [0.15, 0.2) is 59.3 Å². The van der Waals surface area contributed by atoms with Gasteiger partial charge in [0.05, 0.1) is 25.4 Å². The maximum Gasteiger partial charge on any atom is 0.249 e. The standard InChI is InChI=1S/C26H29N5O4S/c1-26(2,3)27-25(33)24(17-12-13-36-16-17)31(21-11-10-18(34-4)14-22(21)35-5)23(32)15-30-20-9-7-6-8-19(20)28-29-30/h6-14,16,24H,15H2,1-5H3,(H,27,33)/t24-/m0/s1. The number of carbonyl (C=O) groups excluding carboxylic acids is 2. The first-order chi connectivity index (χ1) is 17.2. The van der Waals surface area contributed by atoms with Crippen LogP contribution in [-0.2, 0) is 16.1 Å². The van der Waals surface area contributed by atoms with Crippen molar-refractivity contribution >= 4 is 39.9 Å². The van der Waals surface area contributed by atoms with Crippen molar-refractivity contribution in [3.63, 3.8) is 0 Å². The van der Waals surface area contributed by atoms with E-state index in [0.717, 1.165) is 5.52 Å². The molecule has 4 rings (SSSR count). The van der Waals surface area contributed by atoms with Crippen LogP contribution in [-0.4, -0.2) is 46.6 Å². The van der Waals surface area contributed by atoms with Crippen LogP contribution in [0.3, 0.4) is 0 Å². The molecule has 0 aliphatic rings. The highest BCUT2D eigenvalue weighted by atomic mass is 32.1. The molecule has 0 unspecified atom stereocenters. The minimum Gasteiger partial charge on any atom is -0.497 e. The van der Waals surface area contributed by atoms with Crippen LogP contribution in [0.1, 0.15) is 32.4 Å². The van der Waals surface area contributed by atoms with Crippen molar-refractivity contribution in [1.82, 2.24) is 20.3 Å². The normalized spacial score (nSPS) is 12.2. The molecule has 1 N–H and O–H groups in total. The molecular formula is C26H29N5O4S. The lowest BCUT2D eigenvalue weighted by molar-refractivity contribution is -0.128. The molecule has 0 bridgehead atoms. The van der Waals surface area contributed by atoms with Gasteiger partial charge in [0.2, 0.25) is 11.8 Å². The molecule has 188 valence electrons. The van der Waals surface area contributed by atoms with E-state index in [1.54, 1.807) is 25.3 Å². The summed E-state index contributed by atoms with van der Waals surface area (Å²) < 4.78 is 12.5. The van der Waals surface area contributed by atoms with Gasteiger partial charge >= 0.3 is 0 Å². The van der Waals surface area contributed by atoms with E-state index in [0.29, 0.717) is 28.3 Å². The van der Waals surface area contributed by atoms with E-state index in [9.17, 15) is 9.59 Å². The molecule has 9 nitrogen and oxygen atoms in total. The summed E-state index contributed by atoms with van der Waals surface area (Å²) in [5.41, 5.74) is 2.02. The highest BCUT2D eigenvalue weighted by Gasteiger charge is 2.36. The van der Waals surface area contributed by atoms with Crippen LogP contribution < -0.4 is 19.7 Å². The smallest absolute Gasteiger partial charge is 0.249 e. The second kappa shape index (κ2) is 10.4. The van der Waals surface area contributed by atoms with E-state index in [1.165, 1.54) is 28.0 Å². The fourth-order valence-electron chi connectivity index (χ4n) is 3.93. The molecule has 0 fully saturated rings. The van der Waals surface area contributed by atoms with Crippen LogP contribution in [0.25, 0.3) is 11.0 Å². The Morgan fingerprint density at radius 1 is 1.11 bits per heavy atom. The van der Waals surface area contributed by atoms with Crippen LogP contribution in [0.5, 0.6) is 11.5 Å². The fraction of sp³-hybridized carbons (Fsp3) is 0.308. The number of nitrogens with zero attached hydrogens (tertiary/aromatic N) is 4. The monoisotopic (exact) mass is 507 g/mol. The van der Waals surface area contributed by atoms with Crippen LogP contribution in [0.2, 0.25) is 0 Å². The highest BCUT2D eigenvalue weighted by molar-refractivity contribution is 7.08. The second-order valence-corrected chi connectivity index (χ2v) is 10.0. The number of thiophene rings is 1. The van der Waals surface area contributed by atoms with Crippen LogP contribution >= 0.6 is 11.3 Å². The van der Waals surface area contributed by atoms with Crippen LogP contribution in [0, 0.1) is 0 Å². The molecule has 4 aromatic rings. The van der Waals surface area contributed by atoms with Gasteiger partial charge in [0.1, 0.15) is 29.6 Å². The molecule has 0 spiro atoms. The lowest BCUT2D eigenvalue weighted by Gasteiger charge is -2.34. The van der Waals surface area contributed by atoms with Gasteiger partial charge in [0, 0.05) is 11.6 Å². The number of para-hydroxylation sites is 1. The largest absolute Gasteiger partial charge is 0.497 e. The summed E-state index contributed by atoms with van der Waals surface area (Å²) in [6.07, 6.45) is 0. The lowest BCUT2D eigenvalue weighted by atomic mass is 10.0. The Balaban J connectivity index is 1.85. The number of hydrogen-bond acceptors (Lipinski definition) is 7. The van der Waals surface area contributed by atoms with Crippen molar-refractivity contribution in [2.75, 3.05) is 19.1 Å². The SMILES string of the molecule is COc1ccc(N(C(=O)Cn2nnc3ccccc32)[C@H](C(=O)NC(C)(C)C)c2ccsc2)c(OC)c1. The van der Waals surface area contributed by atoms with Crippen molar-refractivity contribution in [1.29, 1.82) is 0 Å². The first-order valence-corrected chi connectivity index (χ1v) is 12.3. The minimum absolute atomic E-state index is 0.126. The van der Waals surface area contributed by atoms with Gasteiger partial charge in [-0.25, -0.2) is 4.68 Å². The maximum absolute atomic E-state index is 14.1. The van der Waals surface area contributed by atoms with Crippen molar-refractivity contribution in [2.45, 2.75) is 38.9 Å². The van der Waals surface area contributed by atoms with Gasteiger partial charge < -0.3 is 14.8 Å². The third-order valence-electron chi connectivity index (χ3n) is 5.48. The molecule has 2 heterocycles. The molecule has 2 aromatic carbocycles. The molecule has 1 atom stereocenters. The fourth-order valence-corrected chi connectivity index (χ4v) is 4.60. The van der Waals surface area contributed by atoms with Gasteiger partial charge in [-0.1, -0.05) is 17.3 Å². The third kappa shape index (κ3) is 5.33. The zero-order chi connectivity index (χ0) is 25.9. The zero-order valence-electron chi connectivity index (χ0n) is 20.9. The summed E-state index contributed by atoms with van der Waals surface area (Å²) in [6, 6.07) is 13.4. The number of amides is 2. The highest BCUT2D eigenvalue weighted by Crippen LogP contribution is 2.38. The number of methoxy groups -OCH3 is 2. The number of benzene rings is 2. The van der Waals surface area contributed by atoms with Gasteiger partial charge in [-0.2, -0.15) is 11.3 Å². The molecule has 36 heavy (non-hydrogen) atoms. The maximum atomic E-state index is 14.1. The second-order valence-electron chi connectivity index (χ2n) is 9.24. The van der Waals surface area contributed by atoms with Gasteiger partial charge in [0.15, 0.2) is 0 Å². The average molecular weight is 508 g/mol. The number of aromatic nitrogens is 3. The van der Waals surface area contributed by atoms with Gasteiger partial charge in [0.25, 0.3) is 0 Å². The Hall–Kier alpha value is -3.92. The van der Waals surface area contributed by atoms with Gasteiger partial charge in [-0.05, 0) is 67.4 Å². The molecule has 0 aliphatic heterocycles. The Morgan fingerprint density at radius 2 is 1.89 bits per heavy atom. The van der Waals surface area contributed by atoms with E-state index in [4.69, 9.17) is 9.47 Å². The Labute approximate surface area is 213 Å². The van der Waals surface area contributed by atoms with E-state index in [-0.39, 0.29) is 18.4 Å². The molecule has 2 amide bonds. The van der Waals surface area contributed by atoms with E-state index in [1.807, 2.05) is 61.9 Å². The molecule has 0 radical (unpaired) electrons. The van der Waals surface area contributed by atoms with E-state index >= 15 is 0 Å². The Bertz CT molecular complexity index is 1360. The summed E-state index contributed by atoms with van der Waals surface area (Å²) in [4.78, 5) is 29.2.